The van der Waals surface area contributed by atoms with Gasteiger partial charge < -0.3 is 14.4 Å². The van der Waals surface area contributed by atoms with Crippen LogP contribution in [-0.2, 0) is 30.3 Å². The van der Waals surface area contributed by atoms with E-state index in [0.29, 0.717) is 12.1 Å². The molecule has 3 aliphatic rings. The van der Waals surface area contributed by atoms with E-state index >= 15 is 0 Å². The summed E-state index contributed by atoms with van der Waals surface area (Å²) in [7, 11) is 1.32. The molecule has 2 fully saturated rings. The maximum atomic E-state index is 13.1. The Hall–Kier alpha value is -2.74. The number of rotatable bonds is 1. The van der Waals surface area contributed by atoms with Crippen LogP contribution < -0.4 is 10.2 Å². The van der Waals surface area contributed by atoms with Crippen LogP contribution in [0, 0.1) is 5.41 Å². The zero-order chi connectivity index (χ0) is 20.2. The molecule has 0 radical (unpaired) electrons. The van der Waals surface area contributed by atoms with Crippen LogP contribution in [0.2, 0.25) is 0 Å². The van der Waals surface area contributed by atoms with Crippen molar-refractivity contribution in [2.45, 2.75) is 44.9 Å². The van der Waals surface area contributed by atoms with Crippen molar-refractivity contribution < 1.29 is 28.7 Å². The lowest BCUT2D eigenvalue weighted by atomic mass is 9.63. The molecular weight excluding hydrogens is 364 g/mol. The fourth-order valence-electron chi connectivity index (χ4n) is 4.86. The summed E-state index contributed by atoms with van der Waals surface area (Å²) in [6, 6.07) is 4.55. The molecule has 8 nitrogen and oxygen atoms in total. The third-order valence-electron chi connectivity index (χ3n) is 5.95. The monoisotopic (exact) mass is 386 g/mol. The van der Waals surface area contributed by atoms with Gasteiger partial charge in [-0.2, -0.15) is 0 Å². The number of carbonyl (C=O) groups excluding carboxylic acids is 4. The maximum absolute atomic E-state index is 13.1. The van der Waals surface area contributed by atoms with E-state index in [4.69, 9.17) is 9.47 Å². The Balaban J connectivity index is 1.89. The summed E-state index contributed by atoms with van der Waals surface area (Å²) < 4.78 is 10.8. The summed E-state index contributed by atoms with van der Waals surface area (Å²) in [6.07, 6.45) is -0.708. The number of amides is 2. The van der Waals surface area contributed by atoms with E-state index in [1.165, 1.54) is 7.11 Å². The number of ether oxygens (including phenoxy) is 2. The second-order valence-electron chi connectivity index (χ2n) is 7.71. The molecule has 0 aliphatic carbocycles. The lowest BCUT2D eigenvalue weighted by Crippen LogP contribution is -2.72. The van der Waals surface area contributed by atoms with Gasteiger partial charge in [0.05, 0.1) is 37.3 Å². The number of morpholine rings is 1. The van der Waals surface area contributed by atoms with Gasteiger partial charge in [-0.1, -0.05) is 6.07 Å². The van der Waals surface area contributed by atoms with Gasteiger partial charge in [0.15, 0.2) is 5.78 Å². The van der Waals surface area contributed by atoms with Crippen LogP contribution in [0.25, 0.3) is 0 Å². The molecule has 0 saturated carbocycles. The smallest absolute Gasteiger partial charge is 0.337 e. The number of fused-ring (bicyclic) bond motifs is 4. The van der Waals surface area contributed by atoms with Gasteiger partial charge in [-0.3, -0.25) is 19.7 Å². The van der Waals surface area contributed by atoms with Gasteiger partial charge in [0.2, 0.25) is 11.8 Å². The normalized spacial score (nSPS) is 31.9. The number of nitrogens with zero attached hydrogens (tertiary/aromatic N) is 1. The number of anilines is 1. The highest BCUT2D eigenvalue weighted by Gasteiger charge is 2.62. The van der Waals surface area contributed by atoms with Crippen molar-refractivity contribution in [3.8, 4) is 0 Å². The molecule has 2 amide bonds. The van der Waals surface area contributed by atoms with Crippen molar-refractivity contribution in [3.05, 3.63) is 29.3 Å². The first kappa shape index (κ1) is 18.6. The summed E-state index contributed by atoms with van der Waals surface area (Å²) in [6.45, 7) is 4.22. The highest BCUT2D eigenvalue weighted by molar-refractivity contribution is 6.22. The van der Waals surface area contributed by atoms with Gasteiger partial charge in [-0.05, 0) is 38.0 Å². The number of hydrogen-bond donors (Lipinski definition) is 1. The largest absolute Gasteiger partial charge is 0.465 e. The van der Waals surface area contributed by atoms with E-state index in [1.54, 1.807) is 18.2 Å². The van der Waals surface area contributed by atoms with Crippen LogP contribution in [0.15, 0.2) is 18.2 Å². The van der Waals surface area contributed by atoms with Crippen LogP contribution in [-0.4, -0.2) is 55.5 Å². The van der Waals surface area contributed by atoms with Crippen molar-refractivity contribution in [2.75, 3.05) is 18.6 Å². The number of esters is 1. The van der Waals surface area contributed by atoms with Crippen molar-refractivity contribution in [1.82, 2.24) is 5.32 Å². The zero-order valence-electron chi connectivity index (χ0n) is 16.0. The first-order valence-electron chi connectivity index (χ1n) is 9.29. The van der Waals surface area contributed by atoms with Gasteiger partial charge in [0.25, 0.3) is 0 Å². The molecular formula is C20H22N2O6. The van der Waals surface area contributed by atoms with Crippen LogP contribution in [0.1, 0.15) is 36.2 Å². The molecule has 0 unspecified atom stereocenters. The molecule has 3 aliphatic heterocycles. The molecule has 1 aromatic rings. The molecule has 8 heteroatoms. The lowest BCUT2D eigenvalue weighted by Gasteiger charge is -2.55. The lowest BCUT2D eigenvalue weighted by molar-refractivity contribution is -0.158. The number of carbonyl (C=O) groups is 4. The van der Waals surface area contributed by atoms with Crippen molar-refractivity contribution in [3.63, 3.8) is 0 Å². The van der Waals surface area contributed by atoms with Gasteiger partial charge in [-0.25, -0.2) is 4.79 Å². The second kappa shape index (κ2) is 6.41. The fourth-order valence-corrected chi connectivity index (χ4v) is 4.86. The Labute approximate surface area is 162 Å². The topological polar surface area (TPSA) is 102 Å². The minimum Gasteiger partial charge on any atom is -0.465 e. The predicted molar refractivity (Wildman–Crippen MR) is 97.8 cm³/mol. The van der Waals surface area contributed by atoms with Crippen molar-refractivity contribution >= 4 is 29.3 Å². The summed E-state index contributed by atoms with van der Waals surface area (Å²) in [5.41, 5.74) is 0.575. The Morgan fingerprint density at radius 1 is 1.29 bits per heavy atom. The minimum atomic E-state index is -1.40. The molecule has 2 saturated heterocycles. The van der Waals surface area contributed by atoms with Crippen LogP contribution in [0.5, 0.6) is 0 Å². The van der Waals surface area contributed by atoms with Gasteiger partial charge in [-0.15, -0.1) is 0 Å². The van der Waals surface area contributed by atoms with E-state index in [0.717, 1.165) is 11.3 Å². The number of imide groups is 1. The number of ketones is 1. The number of hydrogen-bond acceptors (Lipinski definition) is 7. The second-order valence-corrected chi connectivity index (χ2v) is 7.71. The quantitative estimate of drug-likeness (QED) is 0.429. The van der Waals surface area contributed by atoms with E-state index in [9.17, 15) is 19.2 Å². The summed E-state index contributed by atoms with van der Waals surface area (Å²) >= 11 is 0. The fraction of sp³-hybridized carbons (Fsp3) is 0.500. The third-order valence-corrected chi connectivity index (χ3v) is 5.95. The van der Waals surface area contributed by atoms with Crippen LogP contribution >= 0.6 is 0 Å². The third kappa shape index (κ3) is 2.55. The molecule has 4 atom stereocenters. The Bertz CT molecular complexity index is 875. The number of Topliss-reactive ketones (excluding diaryl/α,β-unsaturated/α-hetero) is 1. The average molecular weight is 386 g/mol. The molecule has 28 heavy (non-hydrogen) atoms. The summed E-state index contributed by atoms with van der Waals surface area (Å²) in [4.78, 5) is 51.8. The van der Waals surface area contributed by atoms with E-state index in [-0.39, 0.29) is 24.7 Å². The predicted octanol–water partition coefficient (Wildman–Crippen LogP) is 0.614. The number of methoxy groups -OCH3 is 1. The van der Waals surface area contributed by atoms with Gasteiger partial charge in [0.1, 0.15) is 5.41 Å². The molecule has 1 N–H and O–H groups in total. The molecule has 0 bridgehead atoms. The Kier molecular flexibility index (Phi) is 4.26. The molecule has 1 spiro atoms. The minimum absolute atomic E-state index is 0.126. The molecule has 3 heterocycles. The number of nitrogens with one attached hydrogen (secondary N) is 1. The Morgan fingerprint density at radius 2 is 2.04 bits per heavy atom. The SMILES string of the molecule is COC(=O)c1ccc2c(c1)N1C[C@@H](C)O[C@@H](C)[C@@H]1[C@@]1(C2)C(=O)CC(=O)NC1=O. The number of benzene rings is 1. The van der Waals surface area contributed by atoms with Crippen molar-refractivity contribution in [2.24, 2.45) is 5.41 Å². The molecule has 1 aromatic carbocycles. The van der Waals surface area contributed by atoms with Crippen LogP contribution in [0.3, 0.4) is 0 Å². The number of piperidine rings is 1. The summed E-state index contributed by atoms with van der Waals surface area (Å²) in [5, 5.41) is 2.35. The standard InChI is InChI=1S/C20H22N2O6/c1-10-9-22-14-6-12(18(25)27-3)4-5-13(14)8-20(17(22)11(2)28-10)15(23)7-16(24)21-19(20)26/h4-6,10-11,17H,7-9H2,1-3H3,(H,21,24,26)/t10-,11+,17-,20-/m1/s1. The molecule has 4 rings (SSSR count). The highest BCUT2D eigenvalue weighted by Crippen LogP contribution is 2.47. The van der Waals surface area contributed by atoms with E-state index in [2.05, 4.69) is 5.32 Å². The molecule has 0 aromatic heterocycles. The van der Waals surface area contributed by atoms with Gasteiger partial charge in [0, 0.05) is 12.2 Å². The van der Waals surface area contributed by atoms with E-state index in [1.807, 2.05) is 18.7 Å². The van der Waals surface area contributed by atoms with Gasteiger partial charge >= 0.3 is 5.97 Å². The highest BCUT2D eigenvalue weighted by atomic mass is 16.5. The maximum Gasteiger partial charge on any atom is 0.337 e. The van der Waals surface area contributed by atoms with E-state index < -0.39 is 35.3 Å². The first-order valence-corrected chi connectivity index (χ1v) is 9.29. The summed E-state index contributed by atoms with van der Waals surface area (Å²) in [5.74, 6) is -1.98. The zero-order valence-corrected chi connectivity index (χ0v) is 16.0. The first-order chi connectivity index (χ1) is 13.3. The Morgan fingerprint density at radius 3 is 2.71 bits per heavy atom. The average Bonchev–Trinajstić information content (AvgIpc) is 2.64. The molecule has 148 valence electrons. The van der Waals surface area contributed by atoms with Crippen LogP contribution in [0.4, 0.5) is 5.69 Å². The van der Waals surface area contributed by atoms with Crippen molar-refractivity contribution in [1.29, 1.82) is 0 Å².